The van der Waals surface area contributed by atoms with Crippen LogP contribution in [0.3, 0.4) is 0 Å². The summed E-state index contributed by atoms with van der Waals surface area (Å²) in [5, 5.41) is 3.47. The van der Waals surface area contributed by atoms with Crippen molar-refractivity contribution in [2.75, 3.05) is 45.7 Å². The summed E-state index contributed by atoms with van der Waals surface area (Å²) < 4.78 is 5.73. The van der Waals surface area contributed by atoms with E-state index in [1.54, 1.807) is 25.3 Å². The van der Waals surface area contributed by atoms with Gasteiger partial charge in [-0.15, -0.1) is 0 Å². The quantitative estimate of drug-likeness (QED) is 0.728. The molecule has 0 unspecified atom stereocenters. The summed E-state index contributed by atoms with van der Waals surface area (Å²) >= 11 is 0. The Labute approximate surface area is 170 Å². The van der Waals surface area contributed by atoms with Gasteiger partial charge in [-0.25, -0.2) is 9.78 Å². The lowest BCUT2D eigenvalue weighted by molar-refractivity contribution is -0.136. The van der Waals surface area contributed by atoms with Crippen LogP contribution in [0.15, 0.2) is 24.4 Å². The third-order valence-electron chi connectivity index (χ3n) is 6.29. The molecule has 1 aromatic rings. The molecule has 1 aromatic heterocycles. The van der Waals surface area contributed by atoms with Crippen molar-refractivity contribution in [3.63, 3.8) is 0 Å². The predicted molar refractivity (Wildman–Crippen MR) is 105 cm³/mol. The van der Waals surface area contributed by atoms with Crippen LogP contribution in [0.25, 0.3) is 0 Å². The van der Waals surface area contributed by atoms with Gasteiger partial charge < -0.3 is 19.9 Å². The Morgan fingerprint density at radius 1 is 1.24 bits per heavy atom. The fourth-order valence-corrected chi connectivity index (χ4v) is 4.73. The summed E-state index contributed by atoms with van der Waals surface area (Å²) in [7, 11) is 3.28. The van der Waals surface area contributed by atoms with Crippen molar-refractivity contribution >= 4 is 23.7 Å². The molecule has 3 aliphatic rings. The molecule has 156 valence electrons. The zero-order chi connectivity index (χ0) is 20.5. The normalized spacial score (nSPS) is 29.4. The van der Waals surface area contributed by atoms with Gasteiger partial charge in [0.15, 0.2) is 0 Å². The van der Waals surface area contributed by atoms with Crippen molar-refractivity contribution in [2.45, 2.75) is 25.0 Å². The second kappa shape index (κ2) is 7.98. The van der Waals surface area contributed by atoms with Crippen LogP contribution in [-0.2, 0) is 14.3 Å². The van der Waals surface area contributed by atoms with Gasteiger partial charge >= 0.3 is 6.03 Å². The maximum atomic E-state index is 12.8. The number of nitrogens with zero attached hydrogens (tertiary/aromatic N) is 4. The fraction of sp³-hybridized carbons (Fsp3) is 0.600. The van der Waals surface area contributed by atoms with E-state index in [2.05, 4.69) is 10.3 Å². The molecule has 0 spiro atoms. The minimum absolute atomic E-state index is 0.0355. The molecule has 9 heteroatoms. The first-order chi connectivity index (χ1) is 14.0. The Hall–Kier alpha value is -2.68. The topological polar surface area (TPSA) is 95.1 Å². The molecule has 1 aliphatic carbocycles. The van der Waals surface area contributed by atoms with Gasteiger partial charge in [0.25, 0.3) is 5.91 Å². The van der Waals surface area contributed by atoms with Gasteiger partial charge in [0.1, 0.15) is 18.9 Å². The molecule has 2 saturated heterocycles. The SMILES string of the molecule is CO[C@@H]1C[C@H]2CN(C(=O)CN3C(=O)CN(C)C3=O)C[C@H]2C[C@H]1Nc1ccccn1. The Kier molecular flexibility index (Phi) is 5.40. The van der Waals surface area contributed by atoms with Gasteiger partial charge in [0.05, 0.1) is 12.1 Å². The van der Waals surface area contributed by atoms with Crippen LogP contribution < -0.4 is 5.32 Å². The fourth-order valence-electron chi connectivity index (χ4n) is 4.73. The summed E-state index contributed by atoms with van der Waals surface area (Å²) in [5.41, 5.74) is 0. The van der Waals surface area contributed by atoms with Gasteiger partial charge in [0.2, 0.25) is 5.91 Å². The van der Waals surface area contributed by atoms with Gasteiger partial charge in [-0.2, -0.15) is 0 Å². The number of ether oxygens (including phenoxy) is 1. The predicted octanol–water partition coefficient (Wildman–Crippen LogP) is 0.640. The molecule has 4 rings (SSSR count). The monoisotopic (exact) mass is 401 g/mol. The number of aromatic nitrogens is 1. The number of imide groups is 1. The van der Waals surface area contributed by atoms with Crippen LogP contribution in [0.2, 0.25) is 0 Å². The number of fused-ring (bicyclic) bond motifs is 1. The maximum Gasteiger partial charge on any atom is 0.327 e. The first kappa shape index (κ1) is 19.6. The number of anilines is 1. The van der Waals surface area contributed by atoms with Crippen LogP contribution in [0.5, 0.6) is 0 Å². The molecule has 4 amide bonds. The number of methoxy groups -OCH3 is 1. The Bertz CT molecular complexity index is 788. The summed E-state index contributed by atoms with van der Waals surface area (Å²) in [5.74, 6) is 1.05. The van der Waals surface area contributed by atoms with E-state index in [1.165, 1.54) is 4.90 Å². The number of likely N-dealkylation sites (N-methyl/N-ethyl adjacent to an activating group) is 1. The molecule has 4 atom stereocenters. The number of carbonyl (C=O) groups excluding carboxylic acids is 3. The molecule has 0 aromatic carbocycles. The second-order valence-electron chi connectivity index (χ2n) is 8.15. The van der Waals surface area contributed by atoms with Gasteiger partial charge in [-0.05, 0) is 36.8 Å². The average molecular weight is 401 g/mol. The smallest absolute Gasteiger partial charge is 0.327 e. The van der Waals surface area contributed by atoms with E-state index < -0.39 is 6.03 Å². The molecule has 3 heterocycles. The molecule has 0 bridgehead atoms. The summed E-state index contributed by atoms with van der Waals surface area (Å²) in [4.78, 5) is 45.3. The Morgan fingerprint density at radius 3 is 2.62 bits per heavy atom. The van der Waals surface area contributed by atoms with E-state index in [-0.39, 0.29) is 37.0 Å². The molecule has 3 fully saturated rings. The molecule has 1 saturated carbocycles. The number of rotatable bonds is 5. The minimum atomic E-state index is -0.404. The van der Waals surface area contributed by atoms with Crippen LogP contribution in [0, 0.1) is 11.8 Å². The van der Waals surface area contributed by atoms with E-state index in [4.69, 9.17) is 4.74 Å². The number of hydrogen-bond donors (Lipinski definition) is 1. The van der Waals surface area contributed by atoms with Crippen molar-refractivity contribution in [3.8, 4) is 0 Å². The minimum Gasteiger partial charge on any atom is -0.379 e. The number of hydrogen-bond acceptors (Lipinski definition) is 6. The first-order valence-electron chi connectivity index (χ1n) is 10.00. The standard InChI is InChI=1S/C20H27N5O4/c1-23-11-19(27)25(20(23)28)12-18(26)24-9-13-7-15(16(29-2)8-14(13)10-24)22-17-5-3-4-6-21-17/h3-6,13-16H,7-12H2,1-2H3,(H,21,22)/t13-,14+,15-,16-/m1/s1. The average Bonchev–Trinajstić information content (AvgIpc) is 3.23. The summed E-state index contributed by atoms with van der Waals surface area (Å²) in [6.45, 7) is 1.15. The Morgan fingerprint density at radius 2 is 2.00 bits per heavy atom. The summed E-state index contributed by atoms with van der Waals surface area (Å²) in [6.07, 6.45) is 3.54. The lowest BCUT2D eigenvalue weighted by Crippen LogP contribution is -2.44. The van der Waals surface area contributed by atoms with E-state index in [9.17, 15) is 14.4 Å². The highest BCUT2D eigenvalue weighted by atomic mass is 16.5. The number of carbonyl (C=O) groups is 3. The lowest BCUT2D eigenvalue weighted by Gasteiger charge is -2.37. The van der Waals surface area contributed by atoms with Gasteiger partial charge in [0, 0.05) is 33.4 Å². The maximum absolute atomic E-state index is 12.8. The number of pyridine rings is 1. The largest absolute Gasteiger partial charge is 0.379 e. The van der Waals surface area contributed by atoms with Crippen molar-refractivity contribution in [1.29, 1.82) is 0 Å². The van der Waals surface area contributed by atoms with Crippen molar-refractivity contribution < 1.29 is 19.1 Å². The molecule has 29 heavy (non-hydrogen) atoms. The third kappa shape index (κ3) is 3.91. The highest BCUT2D eigenvalue weighted by Gasteiger charge is 2.44. The van der Waals surface area contributed by atoms with Crippen LogP contribution in [0.1, 0.15) is 12.8 Å². The number of amides is 4. The van der Waals surface area contributed by atoms with E-state index in [0.29, 0.717) is 24.9 Å². The summed E-state index contributed by atoms with van der Waals surface area (Å²) in [6, 6.07) is 5.48. The first-order valence-corrected chi connectivity index (χ1v) is 10.00. The number of nitrogens with one attached hydrogen (secondary N) is 1. The highest BCUT2D eigenvalue weighted by molar-refractivity contribution is 6.04. The van der Waals surface area contributed by atoms with E-state index >= 15 is 0 Å². The molecule has 2 aliphatic heterocycles. The lowest BCUT2D eigenvalue weighted by atomic mass is 9.77. The van der Waals surface area contributed by atoms with E-state index in [0.717, 1.165) is 23.6 Å². The van der Waals surface area contributed by atoms with Gasteiger partial charge in [-0.3, -0.25) is 14.5 Å². The molecular weight excluding hydrogens is 374 g/mol. The van der Waals surface area contributed by atoms with Crippen molar-refractivity contribution in [3.05, 3.63) is 24.4 Å². The van der Waals surface area contributed by atoms with E-state index in [1.807, 2.05) is 18.2 Å². The zero-order valence-electron chi connectivity index (χ0n) is 16.8. The zero-order valence-corrected chi connectivity index (χ0v) is 16.8. The van der Waals surface area contributed by atoms with Crippen molar-refractivity contribution in [2.24, 2.45) is 11.8 Å². The molecular formula is C20H27N5O4. The van der Waals surface area contributed by atoms with Crippen LogP contribution in [-0.4, -0.2) is 90.0 Å². The third-order valence-corrected chi connectivity index (χ3v) is 6.29. The van der Waals surface area contributed by atoms with Gasteiger partial charge in [-0.1, -0.05) is 6.07 Å². The van der Waals surface area contributed by atoms with Crippen molar-refractivity contribution in [1.82, 2.24) is 19.7 Å². The Balaban J connectivity index is 1.38. The van der Waals surface area contributed by atoms with Crippen LogP contribution >= 0.6 is 0 Å². The molecule has 1 N–H and O–H groups in total. The molecule has 9 nitrogen and oxygen atoms in total. The molecule has 0 radical (unpaired) electrons. The highest BCUT2D eigenvalue weighted by Crippen LogP contribution is 2.38. The second-order valence-corrected chi connectivity index (χ2v) is 8.15. The number of urea groups is 1. The number of likely N-dealkylation sites (tertiary alicyclic amines) is 1. The van der Waals surface area contributed by atoms with Crippen LogP contribution in [0.4, 0.5) is 10.6 Å².